The summed E-state index contributed by atoms with van der Waals surface area (Å²) in [6.07, 6.45) is 9.95. The Labute approximate surface area is 286 Å². The molecule has 1 N–H and O–H groups in total. The van der Waals surface area contributed by atoms with Gasteiger partial charge >= 0.3 is 7.41 Å². The van der Waals surface area contributed by atoms with E-state index in [0.717, 1.165) is 52.9 Å². The van der Waals surface area contributed by atoms with Gasteiger partial charge in [-0.15, -0.1) is 0 Å². The molecule has 0 saturated carbocycles. The largest absolute Gasteiger partial charge is 0.416 e. The molecular formula is C35H47BN9O2Si. The standard InChI is InChI=1S/C35H47BN9O2Si/c1-24(2)10-11-30-31(19-44(42-30)18-27-17-38-23-43(27)7)41-33-39-13-12-29(40-33)25-14-26(16-37)32-28(15-25)35(6,20-45(32)36-22-46)21-47-48(8,9)34(3,4)5/h12-15,17,19,22-24H,10-11,18,20-21H2,1-9H3,(H,39,40,41)/t35-/m1/s1. The highest BCUT2D eigenvalue weighted by atomic mass is 28.4. The summed E-state index contributed by atoms with van der Waals surface area (Å²) >= 11 is 0. The zero-order chi connectivity index (χ0) is 34.9. The minimum Gasteiger partial charge on any atom is -0.416 e. The molecule has 0 saturated heterocycles. The molecule has 1 aliphatic heterocycles. The molecule has 0 unspecified atom stereocenters. The molecule has 1 atom stereocenters. The summed E-state index contributed by atoms with van der Waals surface area (Å²) in [7, 11) is 1.42. The molecule has 1 aromatic carbocycles. The van der Waals surface area contributed by atoms with Crippen LogP contribution in [0.3, 0.4) is 0 Å². The van der Waals surface area contributed by atoms with Gasteiger partial charge in [0.1, 0.15) is 12.3 Å². The maximum atomic E-state index is 11.7. The van der Waals surface area contributed by atoms with E-state index in [1.807, 2.05) is 45.6 Å². The summed E-state index contributed by atoms with van der Waals surface area (Å²) in [5.74, 6) is 0.976. The minimum absolute atomic E-state index is 0.0487. The number of nitrogens with zero attached hydrogens (tertiary/aromatic N) is 8. The van der Waals surface area contributed by atoms with Crippen molar-refractivity contribution in [2.45, 2.75) is 84.5 Å². The Hall–Kier alpha value is -4.28. The first-order valence-electron chi connectivity index (χ1n) is 16.5. The summed E-state index contributed by atoms with van der Waals surface area (Å²) < 4.78 is 10.6. The number of carbonyl (C=O) groups excluding carboxylic acids is 1. The molecule has 11 nitrogen and oxygen atoms in total. The van der Waals surface area contributed by atoms with Crippen molar-refractivity contribution >= 4 is 39.2 Å². The number of nitriles is 1. The van der Waals surface area contributed by atoms with Gasteiger partial charge < -0.3 is 23.9 Å². The van der Waals surface area contributed by atoms with Crippen LogP contribution in [0.4, 0.5) is 17.3 Å². The summed E-state index contributed by atoms with van der Waals surface area (Å²) in [5.41, 5.74) is 6.09. The van der Waals surface area contributed by atoms with Gasteiger partial charge in [-0.05, 0) is 60.7 Å². The van der Waals surface area contributed by atoms with E-state index < -0.39 is 13.7 Å². The van der Waals surface area contributed by atoms with Gasteiger partial charge in [0.2, 0.25) is 5.95 Å². The lowest BCUT2D eigenvalue weighted by Crippen LogP contribution is -2.46. The second-order valence-electron chi connectivity index (χ2n) is 15.1. The van der Waals surface area contributed by atoms with E-state index >= 15 is 0 Å². The Morgan fingerprint density at radius 1 is 1.27 bits per heavy atom. The number of hydrogen-bond acceptors (Lipinski definition) is 9. The Bertz CT molecular complexity index is 1820. The fraction of sp³-hybridized carbons (Fsp3) is 0.486. The van der Waals surface area contributed by atoms with Crippen LogP contribution in [-0.4, -0.2) is 64.4 Å². The van der Waals surface area contributed by atoms with Crippen molar-refractivity contribution in [1.29, 1.82) is 5.26 Å². The first kappa shape index (κ1) is 35.0. The van der Waals surface area contributed by atoms with Crippen molar-refractivity contribution in [3.05, 3.63) is 65.6 Å². The monoisotopic (exact) mass is 664 g/mol. The molecule has 0 spiro atoms. The van der Waals surface area contributed by atoms with Gasteiger partial charge in [-0.2, -0.15) is 10.4 Å². The fourth-order valence-corrected chi connectivity index (χ4v) is 6.83. The van der Waals surface area contributed by atoms with Crippen LogP contribution in [0, 0.1) is 17.2 Å². The van der Waals surface area contributed by atoms with Crippen molar-refractivity contribution in [1.82, 2.24) is 29.3 Å². The number of aryl methyl sites for hydroxylation is 2. The third-order valence-electron chi connectivity index (χ3n) is 9.72. The highest BCUT2D eigenvalue weighted by Gasteiger charge is 2.44. The molecule has 4 aromatic rings. The van der Waals surface area contributed by atoms with Crippen LogP contribution in [0.25, 0.3) is 11.3 Å². The lowest BCUT2D eigenvalue weighted by atomic mass is 9.83. The quantitative estimate of drug-likeness (QED) is 0.131. The third-order valence-corrected chi connectivity index (χ3v) is 14.2. The number of hydrogen-bond donors (Lipinski definition) is 1. The maximum absolute atomic E-state index is 11.7. The number of fused-ring (bicyclic) bond motifs is 1. The molecule has 0 bridgehead atoms. The van der Waals surface area contributed by atoms with Crippen molar-refractivity contribution < 1.29 is 9.22 Å². The number of nitrogens with one attached hydrogen (secondary N) is 1. The topological polar surface area (TPSA) is 127 Å². The van der Waals surface area contributed by atoms with Crippen LogP contribution >= 0.6 is 0 Å². The summed E-state index contributed by atoms with van der Waals surface area (Å²) in [4.78, 5) is 27.2. The number of anilines is 3. The number of carbonyl (C=O) groups is 1. The van der Waals surface area contributed by atoms with E-state index in [4.69, 9.17) is 14.5 Å². The third kappa shape index (κ3) is 7.40. The van der Waals surface area contributed by atoms with E-state index in [2.05, 4.69) is 82.1 Å². The van der Waals surface area contributed by atoms with Gasteiger partial charge in [0.25, 0.3) is 0 Å². The molecule has 1 aliphatic rings. The molecule has 3 aromatic heterocycles. The van der Waals surface area contributed by atoms with E-state index in [0.29, 0.717) is 42.8 Å². The smallest absolute Gasteiger partial charge is 0.329 e. The molecule has 13 heteroatoms. The molecule has 1 radical (unpaired) electrons. The average Bonchev–Trinajstić information content (AvgIpc) is 3.70. The normalized spacial score (nSPS) is 16.2. The average molecular weight is 665 g/mol. The Morgan fingerprint density at radius 2 is 2.04 bits per heavy atom. The molecule has 251 valence electrons. The number of rotatable bonds is 13. The number of benzene rings is 1. The van der Waals surface area contributed by atoms with E-state index in [9.17, 15) is 10.1 Å². The van der Waals surface area contributed by atoms with Crippen molar-refractivity contribution in [3.8, 4) is 17.3 Å². The van der Waals surface area contributed by atoms with Crippen LogP contribution in [0.2, 0.25) is 18.1 Å². The summed E-state index contributed by atoms with van der Waals surface area (Å²) in [6.45, 7) is 19.3. The van der Waals surface area contributed by atoms with Gasteiger partial charge in [-0.3, -0.25) is 4.68 Å². The molecule has 0 amide bonds. The van der Waals surface area contributed by atoms with Crippen molar-refractivity contribution in [2.75, 3.05) is 23.3 Å². The first-order chi connectivity index (χ1) is 22.6. The highest BCUT2D eigenvalue weighted by molar-refractivity contribution is 6.74. The van der Waals surface area contributed by atoms with Crippen molar-refractivity contribution in [2.24, 2.45) is 13.0 Å². The predicted molar refractivity (Wildman–Crippen MR) is 194 cm³/mol. The fourth-order valence-electron chi connectivity index (χ4n) is 5.72. The highest BCUT2D eigenvalue weighted by Crippen LogP contribution is 2.46. The van der Waals surface area contributed by atoms with Gasteiger partial charge in [0, 0.05) is 49.3 Å². The van der Waals surface area contributed by atoms with E-state index in [-0.39, 0.29) is 5.04 Å². The molecular weight excluding hydrogens is 617 g/mol. The predicted octanol–water partition coefficient (Wildman–Crippen LogP) is 6.23. The lowest BCUT2D eigenvalue weighted by Gasteiger charge is -2.39. The molecule has 0 aliphatic carbocycles. The van der Waals surface area contributed by atoms with Gasteiger partial charge in [0.05, 0.1) is 47.4 Å². The van der Waals surface area contributed by atoms with Crippen LogP contribution in [-0.2, 0) is 34.6 Å². The zero-order valence-corrected chi connectivity index (χ0v) is 30.7. The SMILES string of the molecule is CC(C)CCc1nn(Cc2cncn2C)cc1Nc1nccc(-c2cc(C#N)c3c(c2)[C@@](C)(CO[Si](C)(C)C(C)(C)C)CN3[B]C=O)n1. The number of aromatic nitrogens is 6. The second-order valence-corrected chi connectivity index (χ2v) is 19.9. The first-order valence-corrected chi connectivity index (χ1v) is 19.4. The van der Waals surface area contributed by atoms with Gasteiger partial charge in [0.15, 0.2) is 8.32 Å². The Morgan fingerprint density at radius 3 is 2.69 bits per heavy atom. The molecule has 4 heterocycles. The maximum Gasteiger partial charge on any atom is 0.329 e. The van der Waals surface area contributed by atoms with Crippen LogP contribution in [0.1, 0.15) is 70.5 Å². The Balaban J connectivity index is 1.49. The van der Waals surface area contributed by atoms with Gasteiger partial charge in [-0.1, -0.05) is 41.5 Å². The molecule has 5 rings (SSSR count). The van der Waals surface area contributed by atoms with Crippen molar-refractivity contribution in [3.63, 3.8) is 0 Å². The van der Waals surface area contributed by atoms with Crippen LogP contribution < -0.4 is 10.1 Å². The van der Waals surface area contributed by atoms with E-state index in [1.54, 1.807) is 12.5 Å². The van der Waals surface area contributed by atoms with Gasteiger partial charge in [-0.25, -0.2) is 15.0 Å². The number of imidazole rings is 1. The summed E-state index contributed by atoms with van der Waals surface area (Å²) in [5, 5.41) is 18.7. The van der Waals surface area contributed by atoms with E-state index in [1.165, 1.54) is 7.41 Å². The lowest BCUT2D eigenvalue weighted by molar-refractivity contribution is 0.219. The second kappa shape index (κ2) is 13.7. The summed E-state index contributed by atoms with van der Waals surface area (Å²) in [6, 6.07) is 8.18. The zero-order valence-electron chi connectivity index (χ0n) is 29.7. The van der Waals surface area contributed by atoms with Crippen LogP contribution in [0.15, 0.2) is 43.1 Å². The molecule has 0 fully saturated rings. The van der Waals surface area contributed by atoms with Crippen LogP contribution in [0.5, 0.6) is 0 Å². The Kier molecular flexibility index (Phi) is 9.99. The molecule has 48 heavy (non-hydrogen) atoms. The minimum atomic E-state index is -2.07.